The molecule has 25 heavy (non-hydrogen) atoms. The highest BCUT2D eigenvalue weighted by Gasteiger charge is 2.26. The highest BCUT2D eigenvalue weighted by molar-refractivity contribution is 5.72. The van der Waals surface area contributed by atoms with Gasteiger partial charge >= 0.3 is 5.97 Å². The van der Waals surface area contributed by atoms with Gasteiger partial charge in [0.15, 0.2) is 0 Å². The van der Waals surface area contributed by atoms with E-state index in [0.29, 0.717) is 12.7 Å². The Kier molecular flexibility index (Phi) is 6.70. The van der Waals surface area contributed by atoms with Gasteiger partial charge < -0.3 is 14.8 Å². The van der Waals surface area contributed by atoms with Crippen LogP contribution in [-0.4, -0.2) is 49.8 Å². The number of ether oxygens (including phenoxy) is 2. The first-order valence-electron chi connectivity index (χ1n) is 9.60. The number of carbonyl (C=O) groups is 1. The molecule has 0 aromatic heterocycles. The molecule has 2 fully saturated rings. The number of esters is 1. The lowest BCUT2D eigenvalue weighted by Crippen LogP contribution is -2.38. The summed E-state index contributed by atoms with van der Waals surface area (Å²) in [6.07, 6.45) is 4.44. The summed E-state index contributed by atoms with van der Waals surface area (Å²) < 4.78 is 11.3. The van der Waals surface area contributed by atoms with Crippen molar-refractivity contribution in [1.29, 1.82) is 0 Å². The molecule has 0 spiro atoms. The van der Waals surface area contributed by atoms with Gasteiger partial charge in [-0.05, 0) is 69.9 Å². The van der Waals surface area contributed by atoms with Crippen molar-refractivity contribution in [3.05, 3.63) is 29.8 Å². The maximum atomic E-state index is 12.0. The zero-order chi connectivity index (χ0) is 17.5. The van der Waals surface area contributed by atoms with Crippen LogP contribution < -0.4 is 10.1 Å². The van der Waals surface area contributed by atoms with Crippen molar-refractivity contribution in [2.75, 3.05) is 32.8 Å². The molecule has 1 aromatic carbocycles. The maximum Gasteiger partial charge on any atom is 0.310 e. The number of hydrogen-bond donors (Lipinski definition) is 1. The average Bonchev–Trinajstić information content (AvgIpc) is 2.63. The minimum atomic E-state index is -0.0461. The Labute approximate surface area is 150 Å². The smallest absolute Gasteiger partial charge is 0.310 e. The maximum absolute atomic E-state index is 12.0. The van der Waals surface area contributed by atoms with Gasteiger partial charge in [-0.2, -0.15) is 0 Å². The van der Waals surface area contributed by atoms with Gasteiger partial charge in [-0.25, -0.2) is 0 Å². The second kappa shape index (κ2) is 9.20. The predicted octanol–water partition coefficient (Wildman–Crippen LogP) is 2.59. The van der Waals surface area contributed by atoms with Crippen LogP contribution in [0.1, 0.15) is 38.2 Å². The van der Waals surface area contributed by atoms with Crippen molar-refractivity contribution in [3.8, 4) is 5.75 Å². The molecule has 5 heteroatoms. The monoisotopic (exact) mass is 346 g/mol. The molecule has 138 valence electrons. The lowest BCUT2D eigenvalue weighted by atomic mass is 9.97. The molecule has 0 radical (unpaired) electrons. The first-order valence-corrected chi connectivity index (χ1v) is 9.60. The fraction of sp³-hybridized carbons (Fsp3) is 0.650. The van der Waals surface area contributed by atoms with Gasteiger partial charge in [0, 0.05) is 13.1 Å². The van der Waals surface area contributed by atoms with Crippen LogP contribution in [0.4, 0.5) is 0 Å². The van der Waals surface area contributed by atoms with E-state index in [1.165, 1.54) is 5.56 Å². The van der Waals surface area contributed by atoms with E-state index < -0.39 is 0 Å². The van der Waals surface area contributed by atoms with E-state index in [9.17, 15) is 4.79 Å². The van der Waals surface area contributed by atoms with E-state index in [1.54, 1.807) is 0 Å². The Balaban J connectivity index is 1.55. The topological polar surface area (TPSA) is 50.8 Å². The number of nitrogens with zero attached hydrogens (tertiary/aromatic N) is 1. The molecule has 0 saturated carbocycles. The Hall–Kier alpha value is -1.59. The van der Waals surface area contributed by atoms with Crippen molar-refractivity contribution in [1.82, 2.24) is 10.2 Å². The Morgan fingerprint density at radius 2 is 2.12 bits per heavy atom. The molecule has 1 N–H and O–H groups in total. The zero-order valence-electron chi connectivity index (χ0n) is 15.2. The lowest BCUT2D eigenvalue weighted by Gasteiger charge is -2.31. The summed E-state index contributed by atoms with van der Waals surface area (Å²) in [6, 6.07) is 8.40. The van der Waals surface area contributed by atoms with Gasteiger partial charge in [0.05, 0.1) is 12.5 Å². The molecule has 1 unspecified atom stereocenters. The SMILES string of the molecule is CCOC(=O)C1CCCN(Cc2cccc(OC3CCNCC3)c2)C1. The first kappa shape index (κ1) is 18.2. The van der Waals surface area contributed by atoms with Gasteiger partial charge in [0.25, 0.3) is 0 Å². The van der Waals surface area contributed by atoms with Crippen LogP contribution in [0.3, 0.4) is 0 Å². The molecule has 3 rings (SSSR count). The predicted molar refractivity (Wildman–Crippen MR) is 97.6 cm³/mol. The lowest BCUT2D eigenvalue weighted by molar-refractivity contribution is -0.150. The minimum absolute atomic E-state index is 0.0165. The third-order valence-electron chi connectivity index (χ3n) is 5.02. The van der Waals surface area contributed by atoms with Crippen LogP contribution in [0.25, 0.3) is 0 Å². The minimum Gasteiger partial charge on any atom is -0.490 e. The number of hydrogen-bond acceptors (Lipinski definition) is 5. The number of benzene rings is 1. The number of likely N-dealkylation sites (tertiary alicyclic amines) is 1. The summed E-state index contributed by atoms with van der Waals surface area (Å²) in [7, 11) is 0. The van der Waals surface area contributed by atoms with Gasteiger partial charge in [-0.1, -0.05) is 12.1 Å². The van der Waals surface area contributed by atoms with Crippen LogP contribution in [0.15, 0.2) is 24.3 Å². The third-order valence-corrected chi connectivity index (χ3v) is 5.02. The second-order valence-electron chi connectivity index (χ2n) is 7.04. The van der Waals surface area contributed by atoms with E-state index in [4.69, 9.17) is 9.47 Å². The normalized spacial score (nSPS) is 22.5. The summed E-state index contributed by atoms with van der Waals surface area (Å²) in [4.78, 5) is 14.4. The first-order chi connectivity index (χ1) is 12.2. The molecule has 2 aliphatic rings. The largest absolute Gasteiger partial charge is 0.490 e. The van der Waals surface area contributed by atoms with E-state index in [2.05, 4.69) is 28.4 Å². The highest BCUT2D eigenvalue weighted by atomic mass is 16.5. The molecular formula is C20H30N2O3. The van der Waals surface area contributed by atoms with Crippen LogP contribution in [0, 0.1) is 5.92 Å². The van der Waals surface area contributed by atoms with Gasteiger partial charge in [0.1, 0.15) is 11.9 Å². The molecule has 2 aliphatic heterocycles. The Bertz CT molecular complexity index is 558. The number of piperidine rings is 2. The third kappa shape index (κ3) is 5.44. The zero-order valence-corrected chi connectivity index (χ0v) is 15.2. The standard InChI is InChI=1S/C20H30N2O3/c1-2-24-20(23)17-6-4-12-22(15-17)14-16-5-3-7-19(13-16)25-18-8-10-21-11-9-18/h3,5,7,13,17-18,21H,2,4,6,8-12,14-15H2,1H3. The van der Waals surface area contributed by atoms with Gasteiger partial charge in [-0.15, -0.1) is 0 Å². The number of nitrogens with one attached hydrogen (secondary N) is 1. The fourth-order valence-electron chi connectivity index (χ4n) is 3.73. The summed E-state index contributed by atoms with van der Waals surface area (Å²) in [5, 5.41) is 3.36. The van der Waals surface area contributed by atoms with Crippen molar-refractivity contribution < 1.29 is 14.3 Å². The number of carbonyl (C=O) groups excluding carboxylic acids is 1. The van der Waals surface area contributed by atoms with E-state index in [0.717, 1.165) is 64.2 Å². The Morgan fingerprint density at radius 3 is 2.92 bits per heavy atom. The molecular weight excluding hydrogens is 316 g/mol. The van der Waals surface area contributed by atoms with E-state index in [-0.39, 0.29) is 11.9 Å². The van der Waals surface area contributed by atoms with Crippen LogP contribution >= 0.6 is 0 Å². The molecule has 0 aliphatic carbocycles. The van der Waals surface area contributed by atoms with Crippen LogP contribution in [0.5, 0.6) is 5.75 Å². The van der Waals surface area contributed by atoms with Gasteiger partial charge in [-0.3, -0.25) is 9.69 Å². The molecule has 2 saturated heterocycles. The fourth-order valence-corrected chi connectivity index (χ4v) is 3.73. The molecule has 1 aromatic rings. The van der Waals surface area contributed by atoms with Crippen molar-refractivity contribution in [3.63, 3.8) is 0 Å². The molecule has 2 heterocycles. The van der Waals surface area contributed by atoms with E-state index >= 15 is 0 Å². The molecule has 1 atom stereocenters. The van der Waals surface area contributed by atoms with E-state index in [1.807, 2.05) is 13.0 Å². The quantitative estimate of drug-likeness (QED) is 0.803. The highest BCUT2D eigenvalue weighted by Crippen LogP contribution is 2.22. The molecule has 5 nitrogen and oxygen atoms in total. The van der Waals surface area contributed by atoms with Crippen LogP contribution in [0.2, 0.25) is 0 Å². The molecule has 0 bridgehead atoms. The summed E-state index contributed by atoms with van der Waals surface area (Å²) in [5.74, 6) is 0.932. The summed E-state index contributed by atoms with van der Waals surface area (Å²) in [5.41, 5.74) is 1.25. The average molecular weight is 346 g/mol. The van der Waals surface area contributed by atoms with Crippen molar-refractivity contribution in [2.45, 2.75) is 45.3 Å². The number of rotatable bonds is 6. The summed E-state index contributed by atoms with van der Waals surface area (Å²) in [6.45, 7) is 7.09. The van der Waals surface area contributed by atoms with Crippen molar-refractivity contribution >= 4 is 5.97 Å². The second-order valence-corrected chi connectivity index (χ2v) is 7.04. The summed E-state index contributed by atoms with van der Waals surface area (Å²) >= 11 is 0. The van der Waals surface area contributed by atoms with Crippen molar-refractivity contribution in [2.24, 2.45) is 5.92 Å². The van der Waals surface area contributed by atoms with Crippen LogP contribution in [-0.2, 0) is 16.1 Å². The van der Waals surface area contributed by atoms with Gasteiger partial charge in [0.2, 0.25) is 0 Å². The molecule has 0 amide bonds. The Morgan fingerprint density at radius 1 is 1.28 bits per heavy atom.